The number of methoxy groups -OCH3 is 1. The van der Waals surface area contributed by atoms with Crippen molar-refractivity contribution in [2.45, 2.75) is 20.0 Å². The molecule has 0 saturated heterocycles. The van der Waals surface area contributed by atoms with E-state index in [2.05, 4.69) is 4.98 Å². The second-order valence-electron chi connectivity index (χ2n) is 4.78. The molecule has 104 valence electrons. The fraction of sp³-hybridized carbons (Fsp3) is 0.250. The first-order valence-electron chi connectivity index (χ1n) is 6.35. The molecule has 1 aromatic carbocycles. The van der Waals surface area contributed by atoms with Crippen molar-refractivity contribution in [3.63, 3.8) is 0 Å². The van der Waals surface area contributed by atoms with Crippen molar-refractivity contribution >= 4 is 5.97 Å². The molecule has 20 heavy (non-hydrogen) atoms. The molecule has 0 aliphatic rings. The Morgan fingerprint density at radius 1 is 1.25 bits per heavy atom. The molecule has 4 nitrogen and oxygen atoms in total. The van der Waals surface area contributed by atoms with Gasteiger partial charge in [0.15, 0.2) is 0 Å². The number of ether oxygens (including phenoxy) is 1. The van der Waals surface area contributed by atoms with Gasteiger partial charge >= 0.3 is 5.97 Å². The van der Waals surface area contributed by atoms with E-state index >= 15 is 0 Å². The van der Waals surface area contributed by atoms with E-state index in [1.54, 1.807) is 19.2 Å². The number of carboxylic acid groups (broad SMARTS) is 1. The lowest BCUT2D eigenvalue weighted by molar-refractivity contribution is 0.0696. The standard InChI is InChI=1S/C16H17NO3/c1-11-3-4-15(17-9-11)8-12-5-13(10-20-2)7-14(6-12)16(18)19/h3-7,9H,8,10H2,1-2H3,(H,18,19). The first kappa shape index (κ1) is 14.2. The lowest BCUT2D eigenvalue weighted by Crippen LogP contribution is -2.02. The van der Waals surface area contributed by atoms with Crippen LogP contribution in [0.1, 0.15) is 32.7 Å². The van der Waals surface area contributed by atoms with Crippen LogP contribution < -0.4 is 0 Å². The molecule has 0 bridgehead atoms. The molecule has 1 N–H and O–H groups in total. The summed E-state index contributed by atoms with van der Waals surface area (Å²) in [4.78, 5) is 15.5. The van der Waals surface area contributed by atoms with Crippen molar-refractivity contribution < 1.29 is 14.6 Å². The molecule has 0 unspecified atom stereocenters. The zero-order valence-electron chi connectivity index (χ0n) is 11.6. The molecule has 4 heteroatoms. The molecule has 1 aromatic heterocycles. The van der Waals surface area contributed by atoms with Crippen LogP contribution in [0.5, 0.6) is 0 Å². The van der Waals surface area contributed by atoms with Crippen molar-refractivity contribution in [3.8, 4) is 0 Å². The number of rotatable bonds is 5. The molecule has 0 radical (unpaired) electrons. The van der Waals surface area contributed by atoms with E-state index in [0.29, 0.717) is 13.0 Å². The summed E-state index contributed by atoms with van der Waals surface area (Å²) in [6.45, 7) is 2.38. The van der Waals surface area contributed by atoms with Crippen molar-refractivity contribution in [2.75, 3.05) is 7.11 Å². The zero-order chi connectivity index (χ0) is 14.5. The topological polar surface area (TPSA) is 59.4 Å². The Balaban J connectivity index is 2.29. The van der Waals surface area contributed by atoms with Gasteiger partial charge in [-0.2, -0.15) is 0 Å². The third kappa shape index (κ3) is 3.65. The number of hydrogen-bond acceptors (Lipinski definition) is 3. The van der Waals surface area contributed by atoms with Crippen molar-refractivity contribution in [3.05, 3.63) is 64.5 Å². The molecule has 0 aliphatic heterocycles. The van der Waals surface area contributed by atoms with Crippen LogP contribution in [-0.2, 0) is 17.8 Å². The van der Waals surface area contributed by atoms with Gasteiger partial charge in [0.1, 0.15) is 0 Å². The number of aryl methyl sites for hydroxylation is 1. The summed E-state index contributed by atoms with van der Waals surface area (Å²) in [5, 5.41) is 9.15. The summed E-state index contributed by atoms with van der Waals surface area (Å²) >= 11 is 0. The average Bonchev–Trinajstić information content (AvgIpc) is 2.41. The second kappa shape index (κ2) is 6.30. The Kier molecular flexibility index (Phi) is 4.48. The van der Waals surface area contributed by atoms with E-state index in [1.807, 2.05) is 31.3 Å². The third-order valence-electron chi connectivity index (χ3n) is 2.97. The molecule has 1 heterocycles. The van der Waals surface area contributed by atoms with Crippen LogP contribution in [0.15, 0.2) is 36.5 Å². The summed E-state index contributed by atoms with van der Waals surface area (Å²) in [6.07, 6.45) is 2.42. The number of aromatic nitrogens is 1. The van der Waals surface area contributed by atoms with Gasteiger partial charge in [0.25, 0.3) is 0 Å². The number of benzene rings is 1. The Labute approximate surface area is 118 Å². The van der Waals surface area contributed by atoms with E-state index in [0.717, 1.165) is 22.4 Å². The van der Waals surface area contributed by atoms with Gasteiger partial charge in [0, 0.05) is 25.4 Å². The van der Waals surface area contributed by atoms with Gasteiger partial charge in [-0.25, -0.2) is 4.79 Å². The smallest absolute Gasteiger partial charge is 0.335 e. The van der Waals surface area contributed by atoms with E-state index in [-0.39, 0.29) is 5.56 Å². The normalized spacial score (nSPS) is 10.5. The highest BCUT2D eigenvalue weighted by Crippen LogP contribution is 2.15. The SMILES string of the molecule is COCc1cc(Cc2ccc(C)cn2)cc(C(=O)O)c1. The maximum absolute atomic E-state index is 11.2. The van der Waals surface area contributed by atoms with E-state index in [9.17, 15) is 4.79 Å². The monoisotopic (exact) mass is 271 g/mol. The van der Waals surface area contributed by atoms with Crippen molar-refractivity contribution in [2.24, 2.45) is 0 Å². The minimum Gasteiger partial charge on any atom is -0.478 e. The molecule has 0 aliphatic carbocycles. The largest absolute Gasteiger partial charge is 0.478 e. The van der Waals surface area contributed by atoms with Gasteiger partial charge in [0.2, 0.25) is 0 Å². The number of hydrogen-bond donors (Lipinski definition) is 1. The molecule has 0 spiro atoms. The minimum atomic E-state index is -0.930. The van der Waals surface area contributed by atoms with Gasteiger partial charge < -0.3 is 9.84 Å². The van der Waals surface area contributed by atoms with Crippen LogP contribution in [0.3, 0.4) is 0 Å². The summed E-state index contributed by atoms with van der Waals surface area (Å²) in [7, 11) is 1.59. The predicted octanol–water partition coefficient (Wildman–Crippen LogP) is 2.83. The van der Waals surface area contributed by atoms with E-state index in [4.69, 9.17) is 9.84 Å². The lowest BCUT2D eigenvalue weighted by atomic mass is 10.0. The number of aromatic carboxylic acids is 1. The van der Waals surface area contributed by atoms with Crippen LogP contribution in [0.2, 0.25) is 0 Å². The summed E-state index contributed by atoms with van der Waals surface area (Å²) in [5.74, 6) is -0.930. The van der Waals surface area contributed by atoms with Gasteiger partial charge in [-0.1, -0.05) is 12.1 Å². The zero-order valence-corrected chi connectivity index (χ0v) is 11.6. The summed E-state index contributed by atoms with van der Waals surface area (Å²) < 4.78 is 5.08. The molecule has 2 rings (SSSR count). The fourth-order valence-corrected chi connectivity index (χ4v) is 2.05. The van der Waals surface area contributed by atoms with Crippen molar-refractivity contribution in [1.29, 1.82) is 0 Å². The maximum Gasteiger partial charge on any atom is 0.335 e. The summed E-state index contributed by atoms with van der Waals surface area (Å²) in [6, 6.07) is 9.23. The first-order valence-corrected chi connectivity index (χ1v) is 6.35. The molecule has 0 saturated carbocycles. The minimum absolute atomic E-state index is 0.279. The van der Waals surface area contributed by atoms with Gasteiger partial charge in [-0.3, -0.25) is 4.98 Å². The first-order chi connectivity index (χ1) is 9.58. The summed E-state index contributed by atoms with van der Waals surface area (Å²) in [5.41, 5.74) is 4.08. The number of pyridine rings is 1. The number of carboxylic acids is 1. The molecular weight excluding hydrogens is 254 g/mol. The average molecular weight is 271 g/mol. The van der Waals surface area contributed by atoms with E-state index in [1.165, 1.54) is 0 Å². The van der Waals surface area contributed by atoms with Crippen molar-refractivity contribution in [1.82, 2.24) is 4.98 Å². The van der Waals surface area contributed by atoms with Crippen LogP contribution in [0.4, 0.5) is 0 Å². The third-order valence-corrected chi connectivity index (χ3v) is 2.97. The maximum atomic E-state index is 11.2. The highest BCUT2D eigenvalue weighted by Gasteiger charge is 2.08. The Bertz CT molecular complexity index is 606. The molecule has 2 aromatic rings. The fourth-order valence-electron chi connectivity index (χ4n) is 2.05. The molecule has 0 fully saturated rings. The van der Waals surface area contributed by atoms with Gasteiger partial charge in [-0.15, -0.1) is 0 Å². The van der Waals surface area contributed by atoms with Gasteiger partial charge in [-0.05, 0) is 41.8 Å². The molecule has 0 amide bonds. The lowest BCUT2D eigenvalue weighted by Gasteiger charge is -2.07. The predicted molar refractivity (Wildman–Crippen MR) is 75.9 cm³/mol. The van der Waals surface area contributed by atoms with Crippen LogP contribution >= 0.6 is 0 Å². The van der Waals surface area contributed by atoms with E-state index < -0.39 is 5.97 Å². The second-order valence-corrected chi connectivity index (χ2v) is 4.78. The van der Waals surface area contributed by atoms with Gasteiger partial charge in [0.05, 0.1) is 12.2 Å². The highest BCUT2D eigenvalue weighted by atomic mass is 16.5. The quantitative estimate of drug-likeness (QED) is 0.908. The Morgan fingerprint density at radius 3 is 2.60 bits per heavy atom. The Morgan fingerprint density at radius 2 is 2.00 bits per heavy atom. The number of carbonyl (C=O) groups is 1. The highest BCUT2D eigenvalue weighted by molar-refractivity contribution is 5.88. The molecular formula is C16H17NO3. The Hall–Kier alpha value is -2.20. The van der Waals surface area contributed by atoms with Crippen LogP contribution in [0.25, 0.3) is 0 Å². The molecule has 0 atom stereocenters. The van der Waals surface area contributed by atoms with Crippen LogP contribution in [-0.4, -0.2) is 23.2 Å². The van der Waals surface area contributed by atoms with Crippen LogP contribution in [0, 0.1) is 6.92 Å². The number of nitrogens with zero attached hydrogens (tertiary/aromatic N) is 1.